The van der Waals surface area contributed by atoms with Crippen molar-refractivity contribution in [2.45, 2.75) is 6.54 Å². The number of methoxy groups -OCH3 is 1. The monoisotopic (exact) mass is 705 g/mol. The van der Waals surface area contributed by atoms with Gasteiger partial charge in [-0.2, -0.15) is 10.9 Å². The summed E-state index contributed by atoms with van der Waals surface area (Å²) in [5, 5.41) is 4.03. The van der Waals surface area contributed by atoms with Crippen molar-refractivity contribution in [1.29, 1.82) is 0 Å². The molecule has 0 saturated carbocycles. The predicted molar refractivity (Wildman–Crippen MR) is 158 cm³/mol. The molecule has 0 spiro atoms. The molecule has 4 rings (SSSR count). The molecule has 0 aliphatic rings. The molecule has 0 bridgehead atoms. The molecule has 4 aromatic rings. The Balaban J connectivity index is 0.00000420. The largest absolute Gasteiger partial charge is 0.531 e. The van der Waals surface area contributed by atoms with Crippen LogP contribution in [0.3, 0.4) is 0 Å². The Morgan fingerprint density at radius 2 is 1.23 bits per heavy atom. The number of carbonyl (C=O) groups excluding carboxylic acids is 1. The van der Waals surface area contributed by atoms with E-state index in [9.17, 15) is 4.79 Å². The van der Waals surface area contributed by atoms with Crippen molar-refractivity contribution in [3.05, 3.63) is 163 Å². The zero-order valence-electron chi connectivity index (χ0n) is 21.6. The number of nitrogens with zero attached hydrogens (tertiary/aromatic N) is 1. The maximum atomic E-state index is 12.4. The summed E-state index contributed by atoms with van der Waals surface area (Å²) >= 11 is 0. The third-order valence-electron chi connectivity index (χ3n) is 5.99. The van der Waals surface area contributed by atoms with Gasteiger partial charge in [0.25, 0.3) is 0 Å². The third kappa shape index (κ3) is 7.24. The second-order valence-electron chi connectivity index (χ2n) is 8.38. The zero-order chi connectivity index (χ0) is 26.6. The van der Waals surface area contributed by atoms with E-state index in [0.717, 1.165) is 21.5 Å². The molecule has 3 nitrogen and oxygen atoms in total. The number of hydrogen-bond donors (Lipinski definition) is 0. The molecule has 0 heterocycles. The van der Waals surface area contributed by atoms with E-state index in [-0.39, 0.29) is 25.4 Å². The average Bonchev–Trinajstić information content (AvgIpc) is 2.98. The van der Waals surface area contributed by atoms with Crippen LogP contribution in [0, 0.1) is 12.7 Å². The van der Waals surface area contributed by atoms with Crippen molar-refractivity contribution in [3.63, 3.8) is 0 Å². The first kappa shape index (κ1) is 29.9. The normalized spacial score (nSPS) is 11.8. The van der Waals surface area contributed by atoms with Crippen LogP contribution in [0.5, 0.6) is 0 Å². The van der Waals surface area contributed by atoms with E-state index in [4.69, 9.17) is 11.3 Å². The second-order valence-corrected chi connectivity index (χ2v) is 11.8. The van der Waals surface area contributed by atoms with Gasteiger partial charge in [0.15, 0.2) is 5.97 Å². The Kier molecular flexibility index (Phi) is 11.5. The topological polar surface area (TPSA) is 38.7 Å². The van der Waals surface area contributed by atoms with Crippen LogP contribution in [0.25, 0.3) is 0 Å². The molecule has 0 aliphatic carbocycles. The van der Waals surface area contributed by atoms with Gasteiger partial charge in [-0.05, 0) is 42.0 Å². The molecular weight excluding hydrogens is 676 g/mol. The standard InChI is InChI=1S/C34H28NO2P.Os/c1-28(16-15-19-30(34(36)37-2)27-35-26-29-17-7-3-8-18-29)38(31-20-9-4-10-21-31,32-22-11-5-12-23-32)33-24-13-6-14-25-33;/h1,3-14,16-25H,26H2,2H3;/q-2;/b30-19+;. The molecule has 39 heavy (non-hydrogen) atoms. The molecule has 0 amide bonds. The van der Waals surface area contributed by atoms with E-state index in [1.807, 2.05) is 84.9 Å². The van der Waals surface area contributed by atoms with Crippen LogP contribution >= 0.6 is 7.26 Å². The quantitative estimate of drug-likeness (QED) is 0.0516. The van der Waals surface area contributed by atoms with Crippen LogP contribution in [0.4, 0.5) is 0 Å². The molecule has 0 unspecified atom stereocenters. The fourth-order valence-corrected chi connectivity index (χ4v) is 8.12. The fourth-order valence-electron chi connectivity index (χ4n) is 4.20. The summed E-state index contributed by atoms with van der Waals surface area (Å²) < 4.78 is 4.93. The van der Waals surface area contributed by atoms with Gasteiger partial charge in [-0.15, -0.1) is 6.21 Å². The van der Waals surface area contributed by atoms with Gasteiger partial charge in [-0.3, -0.25) is 12.2 Å². The average molecular weight is 704 g/mol. The Hall–Kier alpha value is -3.69. The van der Waals surface area contributed by atoms with Gasteiger partial charge in [0.1, 0.15) is 0 Å². The number of aliphatic imine (C=N–C) groups is 1. The van der Waals surface area contributed by atoms with Gasteiger partial charge in [0, 0.05) is 26.3 Å². The first-order valence-electron chi connectivity index (χ1n) is 12.2. The van der Waals surface area contributed by atoms with Crippen molar-refractivity contribution >= 4 is 35.4 Å². The number of esters is 1. The van der Waals surface area contributed by atoms with E-state index < -0.39 is 13.2 Å². The predicted octanol–water partition coefficient (Wildman–Crippen LogP) is 5.90. The molecule has 0 aromatic heterocycles. The van der Waals surface area contributed by atoms with Crippen LogP contribution in [0.2, 0.25) is 0 Å². The summed E-state index contributed by atoms with van der Waals surface area (Å²) in [6, 6.07) is 40.7. The van der Waals surface area contributed by atoms with Crippen molar-refractivity contribution in [2.24, 2.45) is 4.99 Å². The van der Waals surface area contributed by atoms with Crippen molar-refractivity contribution < 1.29 is 29.3 Å². The summed E-state index contributed by atoms with van der Waals surface area (Å²) in [4.78, 5) is 16.7. The molecule has 0 fully saturated rings. The Morgan fingerprint density at radius 3 is 1.67 bits per heavy atom. The van der Waals surface area contributed by atoms with E-state index in [2.05, 4.69) is 53.7 Å². The number of hydrogen-bond acceptors (Lipinski definition) is 3. The minimum Gasteiger partial charge on any atom is -0.531 e. The molecule has 0 radical (unpaired) electrons. The van der Waals surface area contributed by atoms with Crippen LogP contribution in [-0.4, -0.2) is 19.3 Å². The van der Waals surface area contributed by atoms with Gasteiger partial charge < -0.3 is 27.2 Å². The van der Waals surface area contributed by atoms with Gasteiger partial charge in [-0.1, -0.05) is 84.9 Å². The van der Waals surface area contributed by atoms with Crippen molar-refractivity contribution in [1.82, 2.24) is 0 Å². The van der Waals surface area contributed by atoms with Gasteiger partial charge in [0.05, 0.1) is 30.3 Å². The molecule has 0 N–H and O–H groups in total. The fraction of sp³-hybridized carbons (Fsp3) is 0.0588. The van der Waals surface area contributed by atoms with Crippen LogP contribution < -0.4 is 15.9 Å². The van der Waals surface area contributed by atoms with Gasteiger partial charge in [-0.25, -0.2) is 0 Å². The molecule has 4 aromatic carbocycles. The SMILES string of the molecule is [CH-]=C(C=[C-]/C=C(\[C-]=NCc1ccccc1)C(=O)OC)[P+](c1ccccc1)(c1ccccc1)c1ccccc1.[Os]. The number of rotatable bonds is 10. The number of carbonyl (C=O) groups is 1. The number of benzene rings is 4. The molecule has 0 saturated heterocycles. The van der Waals surface area contributed by atoms with Crippen molar-refractivity contribution in [3.8, 4) is 0 Å². The maximum absolute atomic E-state index is 12.4. The molecule has 0 aliphatic heterocycles. The second kappa shape index (κ2) is 15.0. The molecule has 5 heteroatoms. The van der Waals surface area contributed by atoms with Crippen LogP contribution in [0.1, 0.15) is 5.56 Å². The Labute approximate surface area is 245 Å². The summed E-state index contributed by atoms with van der Waals surface area (Å²) in [5.41, 5.74) is 1.18. The number of allylic oxidation sites excluding steroid dienone is 4. The maximum Gasteiger partial charge on any atom is 0.164 e. The summed E-state index contributed by atoms with van der Waals surface area (Å²) in [7, 11) is -1.08. The van der Waals surface area contributed by atoms with Gasteiger partial charge in [0.2, 0.25) is 0 Å². The van der Waals surface area contributed by atoms with Crippen LogP contribution in [-0.2, 0) is 35.9 Å². The van der Waals surface area contributed by atoms with E-state index in [1.165, 1.54) is 13.2 Å². The summed E-state index contributed by atoms with van der Waals surface area (Å²) in [6.45, 7) is 7.38. The summed E-state index contributed by atoms with van der Waals surface area (Å²) in [6.07, 6.45) is 9.20. The molecular formula is C34H28NO2OsP-2. The first-order valence-corrected chi connectivity index (χ1v) is 14.0. The van der Waals surface area contributed by atoms with E-state index in [1.54, 1.807) is 6.08 Å². The Morgan fingerprint density at radius 1 is 0.795 bits per heavy atom. The van der Waals surface area contributed by atoms with Crippen LogP contribution in [0.15, 0.2) is 149 Å². The Bertz CT molecular complexity index is 1340. The summed E-state index contributed by atoms with van der Waals surface area (Å²) in [5.74, 6) is -0.545. The molecule has 196 valence electrons. The minimum absolute atomic E-state index is 0. The van der Waals surface area contributed by atoms with E-state index >= 15 is 0 Å². The van der Waals surface area contributed by atoms with Gasteiger partial charge >= 0.3 is 0 Å². The third-order valence-corrected chi connectivity index (χ3v) is 10.1. The van der Waals surface area contributed by atoms with Crippen molar-refractivity contribution in [2.75, 3.05) is 7.11 Å². The molecule has 0 atom stereocenters. The van der Waals surface area contributed by atoms with E-state index in [0.29, 0.717) is 11.9 Å². The minimum atomic E-state index is -2.41. The first-order chi connectivity index (χ1) is 18.7. The number of ether oxygens (including phenoxy) is 1. The smallest absolute Gasteiger partial charge is 0.164 e. The zero-order valence-corrected chi connectivity index (χ0v) is 25.0.